The number of halogens is 3. The van der Waals surface area contributed by atoms with Crippen LogP contribution in [0.2, 0.25) is 0 Å². The number of rotatable bonds is 4. The summed E-state index contributed by atoms with van der Waals surface area (Å²) in [5.41, 5.74) is 5.78. The number of carbonyl (C=O) groups excluding carboxylic acids is 1. The summed E-state index contributed by atoms with van der Waals surface area (Å²) in [5, 5.41) is 2.74. The molecule has 0 aliphatic heterocycles. The summed E-state index contributed by atoms with van der Waals surface area (Å²) >= 11 is 0. The Morgan fingerprint density at radius 2 is 1.70 bits per heavy atom. The van der Waals surface area contributed by atoms with E-state index in [0.29, 0.717) is 5.69 Å². The van der Waals surface area contributed by atoms with Gasteiger partial charge in [0, 0.05) is 29.4 Å². The molecule has 0 fully saturated rings. The van der Waals surface area contributed by atoms with E-state index in [1.165, 1.54) is 18.2 Å². The van der Waals surface area contributed by atoms with Crippen molar-refractivity contribution < 1.29 is 18.0 Å². The highest BCUT2D eigenvalue weighted by Crippen LogP contribution is 2.16. The third-order valence-electron chi connectivity index (χ3n) is 2.73. The molecule has 0 heterocycles. The smallest absolute Gasteiger partial charge is 0.248 e. The van der Waals surface area contributed by atoms with E-state index in [4.69, 9.17) is 5.73 Å². The van der Waals surface area contributed by atoms with E-state index in [2.05, 4.69) is 5.32 Å². The van der Waals surface area contributed by atoms with Gasteiger partial charge in [-0.2, -0.15) is 0 Å². The van der Waals surface area contributed by atoms with Crippen molar-refractivity contribution >= 4 is 11.6 Å². The predicted molar refractivity (Wildman–Crippen MR) is 68.6 cm³/mol. The minimum atomic E-state index is -0.999. The summed E-state index contributed by atoms with van der Waals surface area (Å²) < 4.78 is 39.3. The van der Waals surface area contributed by atoms with Gasteiger partial charge in [-0.3, -0.25) is 4.79 Å². The fourth-order valence-electron chi connectivity index (χ4n) is 1.67. The Labute approximate surface area is 113 Å². The first-order chi connectivity index (χ1) is 9.47. The molecular weight excluding hydrogens is 269 g/mol. The molecule has 0 aliphatic rings. The van der Waals surface area contributed by atoms with Crippen molar-refractivity contribution in [2.45, 2.75) is 6.54 Å². The monoisotopic (exact) mass is 280 g/mol. The first kappa shape index (κ1) is 13.9. The summed E-state index contributed by atoms with van der Waals surface area (Å²) in [7, 11) is 0. The van der Waals surface area contributed by atoms with Gasteiger partial charge in [-0.25, -0.2) is 13.2 Å². The molecule has 0 unspecified atom stereocenters. The molecule has 0 bridgehead atoms. The lowest BCUT2D eigenvalue weighted by Gasteiger charge is -2.09. The van der Waals surface area contributed by atoms with Gasteiger partial charge in [0.15, 0.2) is 11.6 Å². The molecule has 2 aromatic carbocycles. The fourth-order valence-corrected chi connectivity index (χ4v) is 1.67. The predicted octanol–water partition coefficient (Wildman–Crippen LogP) is 2.81. The fraction of sp³-hybridized carbons (Fsp3) is 0.0714. The van der Waals surface area contributed by atoms with Gasteiger partial charge in [0.2, 0.25) is 5.91 Å². The standard InChI is InChI=1S/C14H11F3N2O/c15-11-3-1-8(14(18)20)5-9(11)7-19-10-2-4-12(16)13(17)6-10/h1-6,19H,7H2,(H2,18,20). The van der Waals surface area contributed by atoms with Crippen molar-refractivity contribution in [2.75, 3.05) is 5.32 Å². The Hall–Kier alpha value is -2.50. The number of hydrogen-bond donors (Lipinski definition) is 2. The highest BCUT2D eigenvalue weighted by molar-refractivity contribution is 5.92. The second-order valence-corrected chi connectivity index (χ2v) is 4.15. The number of nitrogens with two attached hydrogens (primary N) is 1. The molecule has 2 rings (SSSR count). The maximum absolute atomic E-state index is 13.6. The average Bonchev–Trinajstić information content (AvgIpc) is 2.41. The second kappa shape index (κ2) is 5.64. The van der Waals surface area contributed by atoms with Crippen LogP contribution in [-0.4, -0.2) is 5.91 Å². The van der Waals surface area contributed by atoms with Gasteiger partial charge >= 0.3 is 0 Å². The summed E-state index contributed by atoms with van der Waals surface area (Å²) in [4.78, 5) is 11.0. The molecule has 0 saturated heterocycles. The molecule has 0 spiro atoms. The van der Waals surface area contributed by atoms with Crippen LogP contribution in [0, 0.1) is 17.5 Å². The average molecular weight is 280 g/mol. The third kappa shape index (κ3) is 3.09. The molecule has 104 valence electrons. The quantitative estimate of drug-likeness (QED) is 0.904. The Morgan fingerprint density at radius 3 is 2.35 bits per heavy atom. The van der Waals surface area contributed by atoms with Crippen LogP contribution in [0.4, 0.5) is 18.9 Å². The van der Waals surface area contributed by atoms with Crippen molar-refractivity contribution in [3.63, 3.8) is 0 Å². The van der Waals surface area contributed by atoms with Crippen molar-refractivity contribution in [1.82, 2.24) is 0 Å². The third-order valence-corrected chi connectivity index (χ3v) is 2.73. The maximum Gasteiger partial charge on any atom is 0.248 e. The van der Waals surface area contributed by atoms with Gasteiger partial charge in [0.1, 0.15) is 5.82 Å². The lowest BCUT2D eigenvalue weighted by atomic mass is 10.1. The molecule has 3 nitrogen and oxygen atoms in total. The number of benzene rings is 2. The summed E-state index contributed by atoms with van der Waals surface area (Å²) in [6.45, 7) is 0.0119. The van der Waals surface area contributed by atoms with E-state index in [1.807, 2.05) is 0 Å². The van der Waals surface area contributed by atoms with E-state index in [1.54, 1.807) is 0 Å². The van der Waals surface area contributed by atoms with Crippen molar-refractivity contribution in [1.29, 1.82) is 0 Å². The van der Waals surface area contributed by atoms with Crippen LogP contribution in [0.5, 0.6) is 0 Å². The molecule has 0 atom stereocenters. The van der Waals surface area contributed by atoms with Crippen molar-refractivity contribution in [3.05, 3.63) is 65.0 Å². The number of hydrogen-bond acceptors (Lipinski definition) is 2. The van der Waals surface area contributed by atoms with E-state index >= 15 is 0 Å². The van der Waals surface area contributed by atoms with E-state index in [0.717, 1.165) is 18.2 Å². The Balaban J connectivity index is 2.15. The van der Waals surface area contributed by atoms with Crippen LogP contribution < -0.4 is 11.1 Å². The topological polar surface area (TPSA) is 55.1 Å². The van der Waals surface area contributed by atoms with Crippen molar-refractivity contribution in [3.8, 4) is 0 Å². The molecule has 3 N–H and O–H groups in total. The number of nitrogens with one attached hydrogen (secondary N) is 1. The number of carbonyl (C=O) groups is 1. The summed E-state index contributed by atoms with van der Waals surface area (Å²) in [5.74, 6) is -3.15. The minimum absolute atomic E-state index is 0.0119. The van der Waals surface area contributed by atoms with Gasteiger partial charge in [-0.05, 0) is 30.3 Å². The van der Waals surface area contributed by atoms with E-state index in [9.17, 15) is 18.0 Å². The molecule has 0 aliphatic carbocycles. The van der Waals surface area contributed by atoms with Crippen LogP contribution in [0.1, 0.15) is 15.9 Å². The van der Waals surface area contributed by atoms with Gasteiger partial charge in [-0.1, -0.05) is 0 Å². The van der Waals surface area contributed by atoms with Crippen LogP contribution in [-0.2, 0) is 6.54 Å². The Morgan fingerprint density at radius 1 is 1.00 bits per heavy atom. The van der Waals surface area contributed by atoms with Crippen LogP contribution in [0.15, 0.2) is 36.4 Å². The summed E-state index contributed by atoms with van der Waals surface area (Å²) in [6, 6.07) is 6.97. The molecule has 0 aromatic heterocycles. The first-order valence-corrected chi connectivity index (χ1v) is 5.74. The van der Waals surface area contributed by atoms with Crippen LogP contribution >= 0.6 is 0 Å². The second-order valence-electron chi connectivity index (χ2n) is 4.15. The molecule has 20 heavy (non-hydrogen) atoms. The van der Waals surface area contributed by atoms with Gasteiger partial charge in [0.25, 0.3) is 0 Å². The summed E-state index contributed by atoms with van der Waals surface area (Å²) in [6.07, 6.45) is 0. The highest BCUT2D eigenvalue weighted by Gasteiger charge is 2.08. The maximum atomic E-state index is 13.6. The molecule has 0 radical (unpaired) electrons. The lowest BCUT2D eigenvalue weighted by Crippen LogP contribution is -2.12. The Bertz CT molecular complexity index is 659. The zero-order valence-corrected chi connectivity index (χ0v) is 10.3. The van der Waals surface area contributed by atoms with Gasteiger partial charge in [-0.15, -0.1) is 0 Å². The zero-order chi connectivity index (χ0) is 14.7. The molecule has 2 aromatic rings. The molecular formula is C14H11F3N2O. The minimum Gasteiger partial charge on any atom is -0.381 e. The Kier molecular flexibility index (Phi) is 3.93. The largest absolute Gasteiger partial charge is 0.381 e. The number of amides is 1. The molecule has 6 heteroatoms. The lowest BCUT2D eigenvalue weighted by molar-refractivity contribution is 0.1000. The van der Waals surface area contributed by atoms with E-state index < -0.39 is 23.4 Å². The van der Waals surface area contributed by atoms with Gasteiger partial charge < -0.3 is 11.1 Å². The molecule has 0 saturated carbocycles. The molecule has 1 amide bonds. The number of anilines is 1. The normalized spacial score (nSPS) is 10.3. The van der Waals surface area contributed by atoms with Crippen molar-refractivity contribution in [2.24, 2.45) is 5.73 Å². The highest BCUT2D eigenvalue weighted by atomic mass is 19.2. The number of primary amides is 1. The first-order valence-electron chi connectivity index (χ1n) is 5.74. The van der Waals surface area contributed by atoms with Crippen LogP contribution in [0.25, 0.3) is 0 Å². The van der Waals surface area contributed by atoms with E-state index in [-0.39, 0.29) is 17.7 Å². The zero-order valence-electron chi connectivity index (χ0n) is 10.3. The van der Waals surface area contributed by atoms with Crippen LogP contribution in [0.3, 0.4) is 0 Å². The SMILES string of the molecule is NC(=O)c1ccc(F)c(CNc2ccc(F)c(F)c2)c1. The van der Waals surface area contributed by atoms with Gasteiger partial charge in [0.05, 0.1) is 0 Å².